The number of hydrogen-bond donors (Lipinski definition) is 1. The highest BCUT2D eigenvalue weighted by Crippen LogP contribution is 2.16. The second-order valence-corrected chi connectivity index (χ2v) is 3.28. The van der Waals surface area contributed by atoms with Gasteiger partial charge in [0.2, 0.25) is 0 Å². The number of ether oxygens (including phenoxy) is 1. The third-order valence-corrected chi connectivity index (χ3v) is 1.79. The predicted octanol–water partition coefficient (Wildman–Crippen LogP) is 2.36. The monoisotopic (exact) mass is 237 g/mol. The van der Waals surface area contributed by atoms with E-state index in [-0.39, 0.29) is 13.2 Å². The first kappa shape index (κ1) is 12.9. The number of hydrogen-bond acceptors (Lipinski definition) is 2. The van der Waals surface area contributed by atoms with Crippen LogP contribution in [0.3, 0.4) is 0 Å². The Kier molecular flexibility index (Phi) is 4.26. The standard InChI is InChI=1S/C10H11F4NO/c11-9-2-7(4-15)1-8(3-9)5-16-6-10(12,13)14/h1-3H,4-6,15H2. The van der Waals surface area contributed by atoms with Crippen molar-refractivity contribution in [2.45, 2.75) is 19.3 Å². The van der Waals surface area contributed by atoms with Crippen LogP contribution in [0.4, 0.5) is 17.6 Å². The summed E-state index contributed by atoms with van der Waals surface area (Å²) in [5.74, 6) is -0.534. The van der Waals surface area contributed by atoms with Crippen molar-refractivity contribution in [1.29, 1.82) is 0 Å². The number of halogens is 4. The number of benzene rings is 1. The first-order chi connectivity index (χ1) is 7.40. The summed E-state index contributed by atoms with van der Waals surface area (Å²) in [6, 6.07) is 3.86. The molecule has 0 spiro atoms. The molecule has 2 N–H and O–H groups in total. The van der Waals surface area contributed by atoms with Crippen LogP contribution < -0.4 is 5.73 Å². The second kappa shape index (κ2) is 5.27. The van der Waals surface area contributed by atoms with Crippen molar-refractivity contribution in [3.8, 4) is 0 Å². The maximum Gasteiger partial charge on any atom is 0.411 e. The highest BCUT2D eigenvalue weighted by atomic mass is 19.4. The van der Waals surface area contributed by atoms with E-state index in [2.05, 4.69) is 4.74 Å². The summed E-state index contributed by atoms with van der Waals surface area (Å²) in [5.41, 5.74) is 6.15. The summed E-state index contributed by atoms with van der Waals surface area (Å²) < 4.78 is 52.6. The molecule has 0 saturated heterocycles. The zero-order valence-electron chi connectivity index (χ0n) is 8.35. The SMILES string of the molecule is NCc1cc(F)cc(COCC(F)(F)F)c1. The van der Waals surface area contributed by atoms with Crippen LogP contribution in [0.2, 0.25) is 0 Å². The van der Waals surface area contributed by atoms with Crippen LogP contribution in [-0.2, 0) is 17.9 Å². The lowest BCUT2D eigenvalue weighted by Crippen LogP contribution is -2.16. The highest BCUT2D eigenvalue weighted by Gasteiger charge is 2.27. The van der Waals surface area contributed by atoms with Gasteiger partial charge < -0.3 is 10.5 Å². The summed E-state index contributed by atoms with van der Waals surface area (Å²) in [5, 5.41) is 0. The second-order valence-electron chi connectivity index (χ2n) is 3.28. The topological polar surface area (TPSA) is 35.2 Å². The molecule has 0 unspecified atom stereocenters. The molecule has 0 fully saturated rings. The van der Waals surface area contributed by atoms with Gasteiger partial charge in [-0.05, 0) is 23.3 Å². The normalized spacial score (nSPS) is 11.8. The molecule has 16 heavy (non-hydrogen) atoms. The van der Waals surface area contributed by atoms with Gasteiger partial charge >= 0.3 is 6.18 Å². The summed E-state index contributed by atoms with van der Waals surface area (Å²) >= 11 is 0. The van der Waals surface area contributed by atoms with Crippen molar-refractivity contribution in [2.75, 3.05) is 6.61 Å². The Morgan fingerprint density at radius 3 is 2.31 bits per heavy atom. The van der Waals surface area contributed by atoms with Crippen LogP contribution in [0.5, 0.6) is 0 Å². The summed E-state index contributed by atoms with van der Waals surface area (Å²) in [4.78, 5) is 0. The third-order valence-electron chi connectivity index (χ3n) is 1.79. The molecule has 0 aliphatic rings. The average molecular weight is 237 g/mol. The number of rotatable bonds is 4. The average Bonchev–Trinajstić information content (AvgIpc) is 2.14. The Hall–Kier alpha value is -1.14. The molecule has 1 aromatic carbocycles. The molecule has 0 aliphatic carbocycles. The molecule has 0 bridgehead atoms. The Labute approximate surface area is 90.0 Å². The Bertz CT molecular complexity index is 351. The molecule has 0 heterocycles. The first-order valence-corrected chi connectivity index (χ1v) is 4.53. The fraction of sp³-hybridized carbons (Fsp3) is 0.400. The Balaban J connectivity index is 2.57. The highest BCUT2D eigenvalue weighted by molar-refractivity contribution is 5.24. The molecule has 90 valence electrons. The van der Waals surface area contributed by atoms with Gasteiger partial charge in [0.25, 0.3) is 0 Å². The van der Waals surface area contributed by atoms with E-state index >= 15 is 0 Å². The third kappa shape index (κ3) is 4.59. The Morgan fingerprint density at radius 2 is 1.75 bits per heavy atom. The van der Waals surface area contributed by atoms with Crippen molar-refractivity contribution < 1.29 is 22.3 Å². The zero-order valence-corrected chi connectivity index (χ0v) is 8.35. The first-order valence-electron chi connectivity index (χ1n) is 4.53. The van der Waals surface area contributed by atoms with E-state index in [0.717, 1.165) is 6.07 Å². The van der Waals surface area contributed by atoms with E-state index in [1.54, 1.807) is 0 Å². The molecular formula is C10H11F4NO. The van der Waals surface area contributed by atoms with E-state index in [1.807, 2.05) is 0 Å². The minimum Gasteiger partial charge on any atom is -0.367 e. The molecule has 1 aromatic rings. The van der Waals surface area contributed by atoms with Gasteiger partial charge in [0.05, 0.1) is 6.61 Å². The van der Waals surface area contributed by atoms with Gasteiger partial charge in [-0.25, -0.2) is 4.39 Å². The van der Waals surface area contributed by atoms with Gasteiger partial charge in [0.15, 0.2) is 0 Å². The van der Waals surface area contributed by atoms with Gasteiger partial charge in [-0.1, -0.05) is 6.07 Å². The molecule has 0 atom stereocenters. The predicted molar refractivity (Wildman–Crippen MR) is 50.0 cm³/mol. The minimum atomic E-state index is -4.37. The molecule has 0 aliphatic heterocycles. The lowest BCUT2D eigenvalue weighted by atomic mass is 10.1. The van der Waals surface area contributed by atoms with E-state index < -0.39 is 18.6 Å². The lowest BCUT2D eigenvalue weighted by Gasteiger charge is -2.08. The Morgan fingerprint density at radius 1 is 1.12 bits per heavy atom. The number of nitrogens with two attached hydrogens (primary N) is 1. The van der Waals surface area contributed by atoms with Gasteiger partial charge in [-0.3, -0.25) is 0 Å². The number of alkyl halides is 3. The fourth-order valence-electron chi connectivity index (χ4n) is 1.20. The molecule has 0 saturated carbocycles. The molecular weight excluding hydrogens is 226 g/mol. The molecule has 0 radical (unpaired) electrons. The zero-order chi connectivity index (χ0) is 12.2. The minimum absolute atomic E-state index is 0.129. The summed E-state index contributed by atoms with van der Waals surface area (Å²) in [7, 11) is 0. The van der Waals surface area contributed by atoms with Gasteiger partial charge in [-0.15, -0.1) is 0 Å². The van der Waals surface area contributed by atoms with E-state index in [0.29, 0.717) is 11.1 Å². The molecule has 6 heteroatoms. The van der Waals surface area contributed by atoms with Crippen molar-refractivity contribution in [2.24, 2.45) is 5.73 Å². The summed E-state index contributed by atoms with van der Waals surface area (Å²) in [6.07, 6.45) is -4.37. The summed E-state index contributed by atoms with van der Waals surface area (Å²) in [6.45, 7) is -1.50. The van der Waals surface area contributed by atoms with Gasteiger partial charge in [0, 0.05) is 6.54 Å². The molecule has 0 amide bonds. The van der Waals surface area contributed by atoms with Crippen molar-refractivity contribution >= 4 is 0 Å². The maximum absolute atomic E-state index is 12.9. The largest absolute Gasteiger partial charge is 0.411 e. The van der Waals surface area contributed by atoms with Gasteiger partial charge in [0.1, 0.15) is 12.4 Å². The quantitative estimate of drug-likeness (QED) is 0.816. The van der Waals surface area contributed by atoms with E-state index in [1.165, 1.54) is 12.1 Å². The van der Waals surface area contributed by atoms with Crippen LogP contribution in [-0.4, -0.2) is 12.8 Å². The smallest absolute Gasteiger partial charge is 0.367 e. The van der Waals surface area contributed by atoms with Crippen LogP contribution in [0.25, 0.3) is 0 Å². The van der Waals surface area contributed by atoms with Crippen LogP contribution in [0, 0.1) is 5.82 Å². The maximum atomic E-state index is 12.9. The van der Waals surface area contributed by atoms with Crippen LogP contribution in [0.1, 0.15) is 11.1 Å². The van der Waals surface area contributed by atoms with Crippen LogP contribution in [0.15, 0.2) is 18.2 Å². The lowest BCUT2D eigenvalue weighted by molar-refractivity contribution is -0.176. The molecule has 0 aromatic heterocycles. The van der Waals surface area contributed by atoms with Crippen molar-refractivity contribution in [3.05, 3.63) is 35.1 Å². The molecule has 1 rings (SSSR count). The van der Waals surface area contributed by atoms with E-state index in [4.69, 9.17) is 5.73 Å². The van der Waals surface area contributed by atoms with Crippen LogP contribution >= 0.6 is 0 Å². The van der Waals surface area contributed by atoms with Crippen molar-refractivity contribution in [1.82, 2.24) is 0 Å². The van der Waals surface area contributed by atoms with Gasteiger partial charge in [-0.2, -0.15) is 13.2 Å². The molecule has 2 nitrogen and oxygen atoms in total. The van der Waals surface area contributed by atoms with Crippen molar-refractivity contribution in [3.63, 3.8) is 0 Å². The van der Waals surface area contributed by atoms with E-state index in [9.17, 15) is 17.6 Å². The fourth-order valence-corrected chi connectivity index (χ4v) is 1.20.